The summed E-state index contributed by atoms with van der Waals surface area (Å²) < 4.78 is 38.6. The topological polar surface area (TPSA) is 73.0 Å². The molecule has 0 aliphatic carbocycles. The fraction of sp³-hybridized carbons (Fsp3) is 0.483. The number of piperazine rings is 1. The molecular weight excluding hydrogens is 509 g/mol. The molecule has 39 heavy (non-hydrogen) atoms. The molecule has 0 bridgehead atoms. The first kappa shape index (κ1) is 28.8. The van der Waals surface area contributed by atoms with E-state index in [1.165, 1.54) is 12.1 Å². The van der Waals surface area contributed by atoms with E-state index < -0.39 is 17.6 Å². The summed E-state index contributed by atoms with van der Waals surface area (Å²) >= 11 is 0. The highest BCUT2D eigenvalue weighted by Gasteiger charge is 2.31. The standard InChI is InChI=1S/C29H35F3N4O3/c1-21-5-7-23(8-6-21)28(39)36-15-13-34(14-16-36)11-12-35-10-9-22(20-35)17-26(37)19-33-27(38)24-3-2-4-25(18-24)29(30,31)32/h2-8,18,22H,9-17,19-20H2,1H3,(H,33,38)/t22-/m0/s1. The second-order valence-corrected chi connectivity index (χ2v) is 10.5. The summed E-state index contributed by atoms with van der Waals surface area (Å²) in [4.78, 5) is 44.0. The number of carbonyl (C=O) groups is 3. The summed E-state index contributed by atoms with van der Waals surface area (Å²) in [5.74, 6) is -0.542. The Morgan fingerprint density at radius 3 is 2.28 bits per heavy atom. The first-order valence-corrected chi connectivity index (χ1v) is 13.4. The highest BCUT2D eigenvalue weighted by molar-refractivity contribution is 5.97. The molecule has 2 saturated heterocycles. The number of ketones is 1. The van der Waals surface area contributed by atoms with Crippen molar-refractivity contribution >= 4 is 17.6 Å². The van der Waals surface area contributed by atoms with Crippen LogP contribution >= 0.6 is 0 Å². The number of amides is 2. The molecule has 2 heterocycles. The zero-order chi connectivity index (χ0) is 28.0. The van der Waals surface area contributed by atoms with E-state index in [1.807, 2.05) is 36.1 Å². The van der Waals surface area contributed by atoms with Gasteiger partial charge in [-0.15, -0.1) is 0 Å². The van der Waals surface area contributed by atoms with Gasteiger partial charge in [0, 0.05) is 63.4 Å². The van der Waals surface area contributed by atoms with E-state index in [1.54, 1.807) is 0 Å². The number of rotatable bonds is 9. The van der Waals surface area contributed by atoms with Crippen molar-refractivity contribution in [1.82, 2.24) is 20.0 Å². The van der Waals surface area contributed by atoms with Crippen molar-refractivity contribution in [3.63, 3.8) is 0 Å². The van der Waals surface area contributed by atoms with Crippen molar-refractivity contribution in [2.24, 2.45) is 5.92 Å². The lowest BCUT2D eigenvalue weighted by Crippen LogP contribution is -2.50. The number of carbonyl (C=O) groups excluding carboxylic acids is 3. The molecule has 0 aromatic heterocycles. The molecule has 2 aromatic carbocycles. The van der Waals surface area contributed by atoms with Crippen LogP contribution < -0.4 is 5.32 Å². The molecule has 0 spiro atoms. The minimum Gasteiger partial charge on any atom is -0.345 e. The van der Waals surface area contributed by atoms with Gasteiger partial charge in [-0.05, 0) is 56.1 Å². The van der Waals surface area contributed by atoms with Crippen molar-refractivity contribution in [3.8, 4) is 0 Å². The van der Waals surface area contributed by atoms with Crippen LogP contribution in [0, 0.1) is 12.8 Å². The van der Waals surface area contributed by atoms with Gasteiger partial charge < -0.3 is 15.1 Å². The quantitative estimate of drug-likeness (QED) is 0.524. The smallest absolute Gasteiger partial charge is 0.345 e. The lowest BCUT2D eigenvalue weighted by molar-refractivity contribution is -0.137. The third-order valence-corrected chi connectivity index (χ3v) is 7.47. The molecule has 7 nitrogen and oxygen atoms in total. The number of benzene rings is 2. The van der Waals surface area contributed by atoms with Crippen molar-refractivity contribution < 1.29 is 27.6 Å². The lowest BCUT2D eigenvalue weighted by atomic mass is 10.0. The molecule has 2 aromatic rings. The minimum atomic E-state index is -4.53. The van der Waals surface area contributed by atoms with Gasteiger partial charge in [0.1, 0.15) is 0 Å². The summed E-state index contributed by atoms with van der Waals surface area (Å²) in [6.07, 6.45) is -3.30. The van der Waals surface area contributed by atoms with Gasteiger partial charge in [0.25, 0.3) is 11.8 Å². The van der Waals surface area contributed by atoms with Crippen molar-refractivity contribution in [3.05, 3.63) is 70.8 Å². The van der Waals surface area contributed by atoms with Gasteiger partial charge in [-0.2, -0.15) is 13.2 Å². The fourth-order valence-corrected chi connectivity index (χ4v) is 5.13. The van der Waals surface area contributed by atoms with E-state index in [-0.39, 0.29) is 29.7 Å². The van der Waals surface area contributed by atoms with E-state index in [2.05, 4.69) is 15.1 Å². The van der Waals surface area contributed by atoms with Crippen LogP contribution in [0.3, 0.4) is 0 Å². The molecule has 1 atom stereocenters. The zero-order valence-electron chi connectivity index (χ0n) is 22.2. The Morgan fingerprint density at radius 1 is 0.897 bits per heavy atom. The summed E-state index contributed by atoms with van der Waals surface area (Å²) in [6, 6.07) is 11.8. The zero-order valence-corrected chi connectivity index (χ0v) is 22.2. The molecule has 2 aliphatic rings. The minimum absolute atomic E-state index is 0.0766. The summed E-state index contributed by atoms with van der Waals surface area (Å²) in [7, 11) is 0. The molecule has 0 saturated carbocycles. The third kappa shape index (κ3) is 8.12. The molecule has 210 valence electrons. The van der Waals surface area contributed by atoms with Crippen molar-refractivity contribution in [2.75, 3.05) is 58.9 Å². The van der Waals surface area contributed by atoms with E-state index in [0.29, 0.717) is 19.5 Å². The summed E-state index contributed by atoms with van der Waals surface area (Å²) in [5, 5.41) is 2.45. The molecule has 1 N–H and O–H groups in total. The Balaban J connectivity index is 1.12. The van der Waals surface area contributed by atoms with Crippen LogP contribution in [0.2, 0.25) is 0 Å². The van der Waals surface area contributed by atoms with Crippen LogP contribution in [-0.2, 0) is 11.0 Å². The fourth-order valence-electron chi connectivity index (χ4n) is 5.13. The molecule has 2 aliphatic heterocycles. The SMILES string of the molecule is Cc1ccc(C(=O)N2CCN(CCN3CC[C@@H](CC(=O)CNC(=O)c4cccc(C(F)(F)F)c4)C3)CC2)cc1. The third-order valence-electron chi connectivity index (χ3n) is 7.47. The van der Waals surface area contributed by atoms with E-state index in [4.69, 9.17) is 0 Å². The average molecular weight is 545 g/mol. The normalized spacial score (nSPS) is 18.8. The van der Waals surface area contributed by atoms with Crippen LogP contribution in [0.4, 0.5) is 13.2 Å². The Bertz CT molecular complexity index is 1160. The number of Topliss-reactive ketones (excluding diaryl/α,β-unsaturated/α-hetero) is 1. The van der Waals surface area contributed by atoms with Crippen molar-refractivity contribution in [1.29, 1.82) is 0 Å². The first-order valence-electron chi connectivity index (χ1n) is 13.4. The number of alkyl halides is 3. The largest absolute Gasteiger partial charge is 0.416 e. The Hall–Kier alpha value is -3.24. The van der Waals surface area contributed by atoms with Gasteiger partial charge in [-0.25, -0.2) is 0 Å². The molecule has 4 rings (SSSR count). The van der Waals surface area contributed by atoms with Crippen molar-refractivity contribution in [2.45, 2.75) is 25.9 Å². The van der Waals surface area contributed by atoms with Gasteiger partial charge in [-0.1, -0.05) is 23.8 Å². The number of nitrogens with zero attached hydrogens (tertiary/aromatic N) is 3. The Kier molecular flexibility index (Phi) is 9.40. The predicted octanol–water partition coefficient (Wildman–Crippen LogP) is 3.48. The maximum Gasteiger partial charge on any atom is 0.416 e. The monoisotopic (exact) mass is 544 g/mol. The van der Waals surface area contributed by atoms with Crippen LogP contribution in [0.1, 0.15) is 44.7 Å². The number of likely N-dealkylation sites (tertiary alicyclic amines) is 1. The van der Waals surface area contributed by atoms with Gasteiger partial charge in [-0.3, -0.25) is 19.3 Å². The van der Waals surface area contributed by atoms with Gasteiger partial charge in [0.2, 0.25) is 0 Å². The summed E-state index contributed by atoms with van der Waals surface area (Å²) in [6.45, 7) is 8.38. The Morgan fingerprint density at radius 2 is 1.59 bits per heavy atom. The van der Waals surface area contributed by atoms with Gasteiger partial charge >= 0.3 is 6.18 Å². The number of aryl methyl sites for hydroxylation is 1. The lowest BCUT2D eigenvalue weighted by Gasteiger charge is -2.35. The molecular formula is C29H35F3N4O3. The highest BCUT2D eigenvalue weighted by Crippen LogP contribution is 2.29. The van der Waals surface area contributed by atoms with E-state index >= 15 is 0 Å². The number of hydrogen-bond donors (Lipinski definition) is 1. The maximum atomic E-state index is 12.9. The second-order valence-electron chi connectivity index (χ2n) is 10.5. The summed E-state index contributed by atoms with van der Waals surface area (Å²) in [5.41, 5.74) is 0.836. The molecule has 0 unspecified atom stereocenters. The van der Waals surface area contributed by atoms with Crippen LogP contribution in [0.15, 0.2) is 48.5 Å². The van der Waals surface area contributed by atoms with E-state index in [9.17, 15) is 27.6 Å². The predicted molar refractivity (Wildman–Crippen MR) is 141 cm³/mol. The second kappa shape index (κ2) is 12.7. The van der Waals surface area contributed by atoms with Crippen LogP contribution in [0.5, 0.6) is 0 Å². The number of halogens is 3. The Labute approximate surface area is 226 Å². The van der Waals surface area contributed by atoms with Gasteiger partial charge in [0.05, 0.1) is 12.1 Å². The highest BCUT2D eigenvalue weighted by atomic mass is 19.4. The molecule has 10 heteroatoms. The molecule has 2 fully saturated rings. The van der Waals surface area contributed by atoms with E-state index in [0.717, 1.165) is 68.9 Å². The van der Waals surface area contributed by atoms with Crippen LogP contribution in [0.25, 0.3) is 0 Å². The van der Waals surface area contributed by atoms with Crippen LogP contribution in [-0.4, -0.2) is 91.2 Å². The average Bonchev–Trinajstić information content (AvgIpc) is 3.37. The first-order chi connectivity index (χ1) is 18.6. The molecule has 2 amide bonds. The molecule has 0 radical (unpaired) electrons. The number of hydrogen-bond acceptors (Lipinski definition) is 5. The maximum absolute atomic E-state index is 12.9. The number of nitrogens with one attached hydrogen (secondary N) is 1. The van der Waals surface area contributed by atoms with Gasteiger partial charge in [0.15, 0.2) is 5.78 Å².